The lowest BCUT2D eigenvalue weighted by molar-refractivity contribution is -0.144. The van der Waals surface area contributed by atoms with E-state index in [1.807, 2.05) is 6.07 Å². The summed E-state index contributed by atoms with van der Waals surface area (Å²) in [4.78, 5) is 25.2. The van der Waals surface area contributed by atoms with Gasteiger partial charge >= 0.3 is 0 Å². The molecule has 5 heteroatoms. The van der Waals surface area contributed by atoms with Gasteiger partial charge in [-0.05, 0) is 67.9 Å². The Labute approximate surface area is 127 Å². The predicted octanol–water partition coefficient (Wildman–Crippen LogP) is 2.24. The quantitative estimate of drug-likeness (QED) is 0.897. The van der Waals surface area contributed by atoms with Crippen LogP contribution in [0.25, 0.3) is 0 Å². The number of nitrogens with two attached hydrogens (primary N) is 2. The molecule has 0 aliphatic heterocycles. The maximum Gasteiger partial charge on any atom is 0.258 e. The Morgan fingerprint density at radius 2 is 1.76 bits per heavy atom. The van der Waals surface area contributed by atoms with Crippen LogP contribution in [0.1, 0.15) is 52.6 Å². The van der Waals surface area contributed by atoms with E-state index in [1.165, 1.54) is 29.1 Å². The van der Waals surface area contributed by atoms with Crippen molar-refractivity contribution in [3.05, 3.63) is 21.9 Å². The molecule has 0 radical (unpaired) electrons. The minimum absolute atomic E-state index is 0.0932. The van der Waals surface area contributed by atoms with E-state index in [2.05, 4.69) is 6.07 Å². The molecule has 1 aromatic heterocycles. The van der Waals surface area contributed by atoms with E-state index in [0.717, 1.165) is 19.3 Å². The van der Waals surface area contributed by atoms with E-state index in [-0.39, 0.29) is 17.2 Å². The van der Waals surface area contributed by atoms with Gasteiger partial charge in [0.25, 0.3) is 5.91 Å². The minimum Gasteiger partial charge on any atom is -0.369 e. The summed E-state index contributed by atoms with van der Waals surface area (Å²) in [5, 5.41) is 0. The third-order valence-corrected chi connectivity index (χ3v) is 7.20. The largest absolute Gasteiger partial charge is 0.369 e. The number of carbonyl (C=O) groups is 2. The number of primary amides is 2. The lowest BCUT2D eigenvalue weighted by Crippen LogP contribution is -2.54. The molecule has 4 aliphatic rings. The van der Waals surface area contributed by atoms with E-state index < -0.39 is 0 Å². The van der Waals surface area contributed by atoms with Crippen LogP contribution in [0.5, 0.6) is 0 Å². The number of hydrogen-bond donors (Lipinski definition) is 2. The van der Waals surface area contributed by atoms with Gasteiger partial charge in [0.15, 0.2) is 0 Å². The van der Waals surface area contributed by atoms with Crippen molar-refractivity contribution in [3.8, 4) is 0 Å². The lowest BCUT2D eigenvalue weighted by atomic mass is 9.46. The molecular weight excluding hydrogens is 284 g/mol. The van der Waals surface area contributed by atoms with Crippen LogP contribution < -0.4 is 11.5 Å². The molecule has 4 aliphatic carbocycles. The van der Waals surface area contributed by atoms with Gasteiger partial charge in [0, 0.05) is 10.3 Å². The van der Waals surface area contributed by atoms with Crippen LogP contribution in [0.2, 0.25) is 0 Å². The average Bonchev–Trinajstić information content (AvgIpc) is 2.87. The summed E-state index contributed by atoms with van der Waals surface area (Å²) < 4.78 is 0. The van der Waals surface area contributed by atoms with Gasteiger partial charge in [0.1, 0.15) is 0 Å². The van der Waals surface area contributed by atoms with Gasteiger partial charge < -0.3 is 11.5 Å². The summed E-state index contributed by atoms with van der Waals surface area (Å²) in [7, 11) is 0. The molecule has 1 heterocycles. The molecule has 2 unspecified atom stereocenters. The molecule has 4 saturated carbocycles. The minimum atomic E-state index is -0.344. The van der Waals surface area contributed by atoms with Gasteiger partial charge in [-0.1, -0.05) is 0 Å². The highest BCUT2D eigenvalue weighted by molar-refractivity contribution is 7.14. The second-order valence-electron chi connectivity index (χ2n) is 7.21. The van der Waals surface area contributed by atoms with Gasteiger partial charge in [0.05, 0.1) is 4.88 Å². The highest BCUT2D eigenvalue weighted by atomic mass is 32.1. The van der Waals surface area contributed by atoms with Crippen molar-refractivity contribution < 1.29 is 9.59 Å². The molecule has 0 aromatic carbocycles. The Kier molecular flexibility index (Phi) is 2.74. The van der Waals surface area contributed by atoms with Crippen LogP contribution in [-0.2, 0) is 4.79 Å². The highest BCUT2D eigenvalue weighted by Gasteiger charge is 2.58. The average molecular weight is 304 g/mol. The van der Waals surface area contributed by atoms with Crippen molar-refractivity contribution >= 4 is 23.2 Å². The van der Waals surface area contributed by atoms with E-state index >= 15 is 0 Å². The first-order valence-electron chi connectivity index (χ1n) is 7.68. The first kappa shape index (κ1) is 13.3. The molecule has 112 valence electrons. The zero-order valence-electron chi connectivity index (χ0n) is 11.9. The summed E-state index contributed by atoms with van der Waals surface area (Å²) >= 11 is 1.54. The summed E-state index contributed by atoms with van der Waals surface area (Å²) in [6.07, 6.45) is 5.28. The number of carbonyl (C=O) groups excluding carboxylic acids is 2. The van der Waals surface area contributed by atoms with Crippen LogP contribution in [0, 0.1) is 23.2 Å². The summed E-state index contributed by atoms with van der Waals surface area (Å²) in [6, 6.07) is 3.91. The van der Waals surface area contributed by atoms with Crippen LogP contribution in [-0.4, -0.2) is 11.8 Å². The molecule has 1 aromatic rings. The fourth-order valence-corrected chi connectivity index (χ4v) is 6.60. The Morgan fingerprint density at radius 3 is 2.29 bits per heavy atom. The molecule has 0 saturated heterocycles. The molecule has 4 nitrogen and oxygen atoms in total. The predicted molar refractivity (Wildman–Crippen MR) is 80.8 cm³/mol. The molecular formula is C16H20N2O2S. The van der Waals surface area contributed by atoms with Crippen molar-refractivity contribution in [2.24, 2.45) is 34.6 Å². The van der Waals surface area contributed by atoms with Gasteiger partial charge in [-0.3, -0.25) is 9.59 Å². The molecule has 2 atom stereocenters. The van der Waals surface area contributed by atoms with E-state index in [1.54, 1.807) is 0 Å². The van der Waals surface area contributed by atoms with Gasteiger partial charge in [-0.15, -0.1) is 11.3 Å². The standard InChI is InChI=1S/C16H20N2O2S/c17-14(19)12-2-1-11(21-12)13-9-3-8-4-10(13)7-16(5-8,6-9)15(18)20/h1-2,8-10,13H,3-7H2,(H2,17,19)(H2,18,20). The summed E-state index contributed by atoms with van der Waals surface area (Å²) in [5.74, 6) is 1.81. The van der Waals surface area contributed by atoms with Crippen LogP contribution in [0.4, 0.5) is 0 Å². The molecule has 0 spiro atoms. The molecule has 21 heavy (non-hydrogen) atoms. The third-order valence-electron chi connectivity index (χ3n) is 5.99. The van der Waals surface area contributed by atoms with Gasteiger partial charge in [-0.25, -0.2) is 0 Å². The van der Waals surface area contributed by atoms with Crippen LogP contribution in [0.3, 0.4) is 0 Å². The van der Waals surface area contributed by atoms with Crippen molar-refractivity contribution in [3.63, 3.8) is 0 Å². The first-order valence-corrected chi connectivity index (χ1v) is 8.49. The van der Waals surface area contributed by atoms with E-state index in [9.17, 15) is 9.59 Å². The normalized spacial score (nSPS) is 40.4. The number of hydrogen-bond acceptors (Lipinski definition) is 3. The zero-order valence-corrected chi connectivity index (χ0v) is 12.7. The number of thiophene rings is 1. The zero-order chi connectivity index (χ0) is 14.8. The van der Waals surface area contributed by atoms with E-state index in [0.29, 0.717) is 28.5 Å². The Balaban J connectivity index is 1.67. The van der Waals surface area contributed by atoms with Crippen molar-refractivity contribution in [2.75, 3.05) is 0 Å². The molecule has 5 rings (SSSR count). The second-order valence-corrected chi connectivity index (χ2v) is 8.32. The van der Waals surface area contributed by atoms with Crippen molar-refractivity contribution in [1.82, 2.24) is 0 Å². The third kappa shape index (κ3) is 1.86. The maximum absolute atomic E-state index is 12.0. The Hall–Kier alpha value is -1.36. The van der Waals surface area contributed by atoms with E-state index in [4.69, 9.17) is 11.5 Å². The number of amides is 2. The Bertz CT molecular complexity index is 608. The SMILES string of the molecule is NC(=O)c1ccc(C2C3CC4CC2CC(C(N)=O)(C4)C3)s1. The number of rotatable bonds is 3. The molecule has 4 fully saturated rings. The van der Waals surface area contributed by atoms with Crippen LogP contribution in [0.15, 0.2) is 12.1 Å². The fourth-order valence-electron chi connectivity index (χ4n) is 5.46. The second kappa shape index (κ2) is 4.32. The summed E-state index contributed by atoms with van der Waals surface area (Å²) in [5.41, 5.74) is 10.9. The fraction of sp³-hybridized carbons (Fsp3) is 0.625. The van der Waals surface area contributed by atoms with Gasteiger partial charge in [0.2, 0.25) is 5.91 Å². The van der Waals surface area contributed by atoms with Crippen molar-refractivity contribution in [1.29, 1.82) is 0 Å². The Morgan fingerprint density at radius 1 is 1.10 bits per heavy atom. The molecule has 2 amide bonds. The topological polar surface area (TPSA) is 86.2 Å². The first-order chi connectivity index (χ1) is 9.98. The molecule has 4 N–H and O–H groups in total. The smallest absolute Gasteiger partial charge is 0.258 e. The summed E-state index contributed by atoms with van der Waals surface area (Å²) in [6.45, 7) is 0. The lowest BCUT2D eigenvalue weighted by Gasteiger charge is -2.58. The highest BCUT2D eigenvalue weighted by Crippen LogP contribution is 2.65. The monoisotopic (exact) mass is 304 g/mol. The molecule has 4 bridgehead atoms. The van der Waals surface area contributed by atoms with Crippen LogP contribution >= 0.6 is 11.3 Å². The van der Waals surface area contributed by atoms with Gasteiger partial charge in [-0.2, -0.15) is 0 Å². The van der Waals surface area contributed by atoms with Crippen molar-refractivity contribution in [2.45, 2.75) is 38.0 Å². The maximum atomic E-state index is 12.0.